The molecular formula is C15H20N2O. The summed E-state index contributed by atoms with van der Waals surface area (Å²) in [5.41, 5.74) is 1.85. The van der Waals surface area contributed by atoms with E-state index in [1.165, 1.54) is 0 Å². The Balaban J connectivity index is 2.20. The summed E-state index contributed by atoms with van der Waals surface area (Å²) in [6.45, 7) is 5.79. The van der Waals surface area contributed by atoms with Crippen LogP contribution in [0, 0.1) is 0 Å². The number of aromatic amines is 1. The van der Waals surface area contributed by atoms with E-state index in [0.29, 0.717) is 0 Å². The maximum atomic E-state index is 12.4. The molecule has 0 bridgehead atoms. The Morgan fingerprint density at radius 3 is 2.83 bits per heavy atom. The molecule has 0 saturated carbocycles. The number of nitrogens with zero attached hydrogens (tertiary/aromatic N) is 1. The van der Waals surface area contributed by atoms with Crippen molar-refractivity contribution in [1.29, 1.82) is 0 Å². The van der Waals surface area contributed by atoms with E-state index in [1.807, 2.05) is 42.3 Å². The van der Waals surface area contributed by atoms with Gasteiger partial charge in [0.2, 0.25) is 0 Å². The summed E-state index contributed by atoms with van der Waals surface area (Å²) in [5, 5.41) is 1.09. The SMILES string of the molecule is CCCCN(CC)C(=O)c1ccc2[nH]ccc2c1. The molecule has 0 radical (unpaired) electrons. The molecule has 1 aromatic heterocycles. The Labute approximate surface area is 108 Å². The summed E-state index contributed by atoms with van der Waals surface area (Å²) in [6.07, 6.45) is 4.07. The van der Waals surface area contributed by atoms with Gasteiger partial charge in [-0.25, -0.2) is 0 Å². The van der Waals surface area contributed by atoms with Crippen LogP contribution in [0.5, 0.6) is 0 Å². The van der Waals surface area contributed by atoms with Crippen LogP contribution in [0.3, 0.4) is 0 Å². The van der Waals surface area contributed by atoms with Gasteiger partial charge in [-0.15, -0.1) is 0 Å². The number of rotatable bonds is 5. The van der Waals surface area contributed by atoms with Gasteiger partial charge >= 0.3 is 0 Å². The normalized spacial score (nSPS) is 10.8. The largest absolute Gasteiger partial charge is 0.361 e. The molecule has 0 fully saturated rings. The number of H-pyrrole nitrogens is 1. The van der Waals surface area contributed by atoms with Crippen molar-refractivity contribution >= 4 is 16.8 Å². The Hall–Kier alpha value is -1.77. The first-order valence-electron chi connectivity index (χ1n) is 6.62. The van der Waals surface area contributed by atoms with Crippen molar-refractivity contribution in [3.63, 3.8) is 0 Å². The van der Waals surface area contributed by atoms with Crippen molar-refractivity contribution in [3.05, 3.63) is 36.0 Å². The van der Waals surface area contributed by atoms with E-state index < -0.39 is 0 Å². The lowest BCUT2D eigenvalue weighted by Gasteiger charge is -2.20. The lowest BCUT2D eigenvalue weighted by atomic mass is 10.1. The molecule has 18 heavy (non-hydrogen) atoms. The van der Waals surface area contributed by atoms with Crippen molar-refractivity contribution in [2.75, 3.05) is 13.1 Å². The van der Waals surface area contributed by atoms with Crippen molar-refractivity contribution in [1.82, 2.24) is 9.88 Å². The Morgan fingerprint density at radius 1 is 1.28 bits per heavy atom. The van der Waals surface area contributed by atoms with Gasteiger partial charge in [0.05, 0.1) is 0 Å². The fraction of sp³-hybridized carbons (Fsp3) is 0.400. The Morgan fingerprint density at radius 2 is 2.11 bits per heavy atom. The molecule has 0 spiro atoms. The monoisotopic (exact) mass is 244 g/mol. The minimum absolute atomic E-state index is 0.133. The molecule has 3 heteroatoms. The predicted octanol–water partition coefficient (Wildman–Crippen LogP) is 3.43. The third-order valence-electron chi connectivity index (χ3n) is 3.25. The fourth-order valence-electron chi connectivity index (χ4n) is 2.12. The third-order valence-corrected chi connectivity index (χ3v) is 3.25. The first-order valence-corrected chi connectivity index (χ1v) is 6.62. The molecule has 1 amide bonds. The van der Waals surface area contributed by atoms with Crippen molar-refractivity contribution in [2.24, 2.45) is 0 Å². The quantitative estimate of drug-likeness (QED) is 0.859. The number of benzene rings is 1. The summed E-state index contributed by atoms with van der Waals surface area (Å²) in [7, 11) is 0. The number of carbonyl (C=O) groups excluding carboxylic acids is 1. The van der Waals surface area contributed by atoms with Gasteiger partial charge in [-0.05, 0) is 37.6 Å². The van der Waals surface area contributed by atoms with Gasteiger partial charge in [-0.1, -0.05) is 13.3 Å². The van der Waals surface area contributed by atoms with Crippen molar-refractivity contribution in [3.8, 4) is 0 Å². The first kappa shape index (κ1) is 12.7. The lowest BCUT2D eigenvalue weighted by molar-refractivity contribution is 0.0762. The number of fused-ring (bicyclic) bond motifs is 1. The number of carbonyl (C=O) groups is 1. The molecule has 0 saturated heterocycles. The molecule has 0 unspecified atom stereocenters. The number of hydrogen-bond donors (Lipinski definition) is 1. The first-order chi connectivity index (χ1) is 8.76. The predicted molar refractivity (Wildman–Crippen MR) is 74.8 cm³/mol. The molecule has 1 heterocycles. The minimum Gasteiger partial charge on any atom is -0.361 e. The molecular weight excluding hydrogens is 224 g/mol. The van der Waals surface area contributed by atoms with Crippen LogP contribution in [-0.2, 0) is 0 Å². The van der Waals surface area contributed by atoms with Crippen LogP contribution in [0.2, 0.25) is 0 Å². The molecule has 0 aliphatic rings. The maximum Gasteiger partial charge on any atom is 0.253 e. The second-order valence-corrected chi connectivity index (χ2v) is 4.52. The van der Waals surface area contributed by atoms with E-state index in [-0.39, 0.29) is 5.91 Å². The van der Waals surface area contributed by atoms with Gasteiger partial charge in [-0.3, -0.25) is 4.79 Å². The van der Waals surface area contributed by atoms with E-state index in [9.17, 15) is 4.79 Å². The molecule has 2 aromatic rings. The molecule has 2 rings (SSSR count). The van der Waals surface area contributed by atoms with Gasteiger partial charge in [0.25, 0.3) is 5.91 Å². The van der Waals surface area contributed by atoms with E-state index >= 15 is 0 Å². The van der Waals surface area contributed by atoms with Crippen LogP contribution >= 0.6 is 0 Å². The number of unbranched alkanes of at least 4 members (excludes halogenated alkanes) is 1. The number of nitrogens with one attached hydrogen (secondary N) is 1. The highest BCUT2D eigenvalue weighted by molar-refractivity contribution is 5.98. The number of amides is 1. The van der Waals surface area contributed by atoms with E-state index in [2.05, 4.69) is 11.9 Å². The summed E-state index contributed by atoms with van der Waals surface area (Å²) in [4.78, 5) is 17.4. The van der Waals surface area contributed by atoms with Gasteiger partial charge < -0.3 is 9.88 Å². The Bertz CT molecular complexity index is 530. The van der Waals surface area contributed by atoms with Crippen LogP contribution in [0.15, 0.2) is 30.5 Å². The summed E-state index contributed by atoms with van der Waals surface area (Å²) in [6, 6.07) is 7.82. The summed E-state index contributed by atoms with van der Waals surface area (Å²) < 4.78 is 0. The average molecular weight is 244 g/mol. The van der Waals surface area contributed by atoms with Crippen molar-refractivity contribution < 1.29 is 4.79 Å². The van der Waals surface area contributed by atoms with Crippen LogP contribution in [0.4, 0.5) is 0 Å². The van der Waals surface area contributed by atoms with E-state index in [0.717, 1.165) is 42.4 Å². The second-order valence-electron chi connectivity index (χ2n) is 4.52. The molecule has 1 aromatic carbocycles. The zero-order valence-electron chi connectivity index (χ0n) is 11.1. The van der Waals surface area contributed by atoms with Crippen LogP contribution in [0.1, 0.15) is 37.0 Å². The zero-order valence-corrected chi connectivity index (χ0v) is 11.1. The molecule has 0 atom stereocenters. The number of hydrogen-bond acceptors (Lipinski definition) is 1. The molecule has 3 nitrogen and oxygen atoms in total. The Kier molecular flexibility index (Phi) is 4.03. The highest BCUT2D eigenvalue weighted by Crippen LogP contribution is 2.16. The molecule has 0 aliphatic carbocycles. The maximum absolute atomic E-state index is 12.4. The summed E-state index contributed by atoms with van der Waals surface area (Å²) >= 11 is 0. The van der Waals surface area contributed by atoms with E-state index in [1.54, 1.807) is 0 Å². The van der Waals surface area contributed by atoms with Gasteiger partial charge in [0.15, 0.2) is 0 Å². The molecule has 1 N–H and O–H groups in total. The average Bonchev–Trinajstić information content (AvgIpc) is 2.86. The molecule has 0 aliphatic heterocycles. The van der Waals surface area contributed by atoms with Gasteiger partial charge in [0, 0.05) is 35.8 Å². The van der Waals surface area contributed by atoms with Crippen molar-refractivity contribution in [2.45, 2.75) is 26.7 Å². The smallest absolute Gasteiger partial charge is 0.253 e. The summed E-state index contributed by atoms with van der Waals surface area (Å²) in [5.74, 6) is 0.133. The lowest BCUT2D eigenvalue weighted by Crippen LogP contribution is -2.31. The standard InChI is InChI=1S/C15H20N2O/c1-3-5-10-17(4-2)15(18)13-6-7-14-12(11-13)8-9-16-14/h6-9,11,16H,3-5,10H2,1-2H3. The zero-order chi connectivity index (χ0) is 13.0. The highest BCUT2D eigenvalue weighted by Gasteiger charge is 2.13. The minimum atomic E-state index is 0.133. The van der Waals surface area contributed by atoms with Crippen LogP contribution in [0.25, 0.3) is 10.9 Å². The topological polar surface area (TPSA) is 36.1 Å². The second kappa shape index (κ2) is 5.71. The van der Waals surface area contributed by atoms with Gasteiger partial charge in [0.1, 0.15) is 0 Å². The van der Waals surface area contributed by atoms with E-state index in [4.69, 9.17) is 0 Å². The fourth-order valence-corrected chi connectivity index (χ4v) is 2.12. The van der Waals surface area contributed by atoms with Crippen LogP contribution < -0.4 is 0 Å². The number of aromatic nitrogens is 1. The van der Waals surface area contributed by atoms with Crippen LogP contribution in [-0.4, -0.2) is 28.9 Å². The molecule has 96 valence electrons. The van der Waals surface area contributed by atoms with Gasteiger partial charge in [-0.2, -0.15) is 0 Å². The highest BCUT2D eigenvalue weighted by atomic mass is 16.2. The third kappa shape index (κ3) is 2.55.